The van der Waals surface area contributed by atoms with Gasteiger partial charge in [-0.1, -0.05) is 13.8 Å². The lowest BCUT2D eigenvalue weighted by atomic mass is 9.96. The average Bonchev–Trinajstić information content (AvgIpc) is 2.23. The van der Waals surface area contributed by atoms with E-state index in [-0.39, 0.29) is 11.8 Å². The van der Waals surface area contributed by atoms with Crippen molar-refractivity contribution in [3.8, 4) is 0 Å². The van der Waals surface area contributed by atoms with Crippen LogP contribution in [-0.2, 0) is 9.47 Å². The highest BCUT2D eigenvalue weighted by atomic mass is 16.7. The number of methoxy groups -OCH3 is 2. The highest BCUT2D eigenvalue weighted by molar-refractivity contribution is 4.85. The lowest BCUT2D eigenvalue weighted by Gasteiger charge is -2.33. The molecule has 1 atom stereocenters. The van der Waals surface area contributed by atoms with Gasteiger partial charge in [0, 0.05) is 32.7 Å². The second-order valence-electron chi connectivity index (χ2n) is 4.64. The standard InChI is InChI=1S/C11H26N2O2/c1-9(2)7-13-11(3,8-12)6-10(14-4)15-5/h9-10,13H,6-8,12H2,1-5H3. The molecule has 0 spiro atoms. The summed E-state index contributed by atoms with van der Waals surface area (Å²) >= 11 is 0. The van der Waals surface area contributed by atoms with Crippen LogP contribution in [-0.4, -0.2) is 39.1 Å². The Morgan fingerprint density at radius 2 is 1.80 bits per heavy atom. The van der Waals surface area contributed by atoms with E-state index in [0.29, 0.717) is 12.5 Å². The topological polar surface area (TPSA) is 56.5 Å². The molecule has 0 aromatic heterocycles. The first-order valence-corrected chi connectivity index (χ1v) is 5.48. The van der Waals surface area contributed by atoms with Gasteiger partial charge in [0.05, 0.1) is 0 Å². The molecule has 0 heterocycles. The predicted octanol–water partition coefficient (Wildman–Crippen LogP) is 0.958. The summed E-state index contributed by atoms with van der Waals surface area (Å²) < 4.78 is 10.4. The molecule has 3 N–H and O–H groups in total. The van der Waals surface area contributed by atoms with Crippen LogP contribution in [0.5, 0.6) is 0 Å². The van der Waals surface area contributed by atoms with Crippen molar-refractivity contribution in [1.29, 1.82) is 0 Å². The predicted molar refractivity (Wildman–Crippen MR) is 62.7 cm³/mol. The molecule has 0 radical (unpaired) electrons. The Hall–Kier alpha value is -0.160. The number of ether oxygens (including phenoxy) is 2. The SMILES string of the molecule is COC(CC(C)(CN)NCC(C)C)OC. The normalized spacial score (nSPS) is 16.0. The van der Waals surface area contributed by atoms with Gasteiger partial charge in [0.25, 0.3) is 0 Å². The van der Waals surface area contributed by atoms with Crippen molar-refractivity contribution in [3.05, 3.63) is 0 Å². The van der Waals surface area contributed by atoms with Crippen LogP contribution in [0, 0.1) is 5.92 Å². The zero-order valence-corrected chi connectivity index (χ0v) is 10.7. The number of hydrogen-bond acceptors (Lipinski definition) is 4. The van der Waals surface area contributed by atoms with Gasteiger partial charge in [0.15, 0.2) is 6.29 Å². The molecule has 0 aliphatic rings. The molecule has 0 aromatic rings. The zero-order chi connectivity index (χ0) is 11.9. The molecule has 4 nitrogen and oxygen atoms in total. The summed E-state index contributed by atoms with van der Waals surface area (Å²) in [5, 5.41) is 3.46. The minimum atomic E-state index is -0.196. The van der Waals surface area contributed by atoms with Crippen molar-refractivity contribution in [2.24, 2.45) is 11.7 Å². The fourth-order valence-electron chi connectivity index (χ4n) is 1.31. The van der Waals surface area contributed by atoms with Crippen molar-refractivity contribution in [3.63, 3.8) is 0 Å². The molecule has 0 aromatic carbocycles. The maximum atomic E-state index is 5.78. The van der Waals surface area contributed by atoms with Crippen LogP contribution < -0.4 is 11.1 Å². The first-order chi connectivity index (χ1) is 6.97. The molecular weight excluding hydrogens is 192 g/mol. The van der Waals surface area contributed by atoms with Gasteiger partial charge in [0.2, 0.25) is 0 Å². The van der Waals surface area contributed by atoms with Crippen molar-refractivity contribution in [2.45, 2.75) is 39.0 Å². The summed E-state index contributed by atoms with van der Waals surface area (Å²) in [5.74, 6) is 0.611. The lowest BCUT2D eigenvalue weighted by Crippen LogP contribution is -2.52. The zero-order valence-electron chi connectivity index (χ0n) is 10.7. The van der Waals surface area contributed by atoms with Crippen molar-refractivity contribution < 1.29 is 9.47 Å². The molecule has 0 rings (SSSR count). The molecular formula is C11H26N2O2. The summed E-state index contributed by atoms with van der Waals surface area (Å²) in [6, 6.07) is 0. The van der Waals surface area contributed by atoms with E-state index in [9.17, 15) is 0 Å². The summed E-state index contributed by atoms with van der Waals surface area (Å²) in [5.41, 5.74) is 5.65. The van der Waals surface area contributed by atoms with Gasteiger partial charge in [-0.25, -0.2) is 0 Å². The fourth-order valence-corrected chi connectivity index (χ4v) is 1.31. The summed E-state index contributed by atoms with van der Waals surface area (Å²) in [6.07, 6.45) is 0.557. The van der Waals surface area contributed by atoms with Crippen LogP contribution >= 0.6 is 0 Å². The van der Waals surface area contributed by atoms with Gasteiger partial charge in [-0.3, -0.25) is 0 Å². The maximum absolute atomic E-state index is 5.78. The number of nitrogens with one attached hydrogen (secondary N) is 1. The fraction of sp³-hybridized carbons (Fsp3) is 1.00. The Balaban J connectivity index is 4.16. The second kappa shape index (κ2) is 7.17. The molecule has 0 aliphatic heterocycles. The quantitative estimate of drug-likeness (QED) is 0.596. The van der Waals surface area contributed by atoms with E-state index in [1.165, 1.54) is 0 Å². The van der Waals surface area contributed by atoms with Crippen LogP contribution in [0.25, 0.3) is 0 Å². The van der Waals surface area contributed by atoms with Crippen LogP contribution in [0.2, 0.25) is 0 Å². The summed E-state index contributed by atoms with van der Waals surface area (Å²) in [7, 11) is 3.29. The van der Waals surface area contributed by atoms with Gasteiger partial charge >= 0.3 is 0 Å². The van der Waals surface area contributed by atoms with Gasteiger partial charge in [-0.2, -0.15) is 0 Å². The first-order valence-electron chi connectivity index (χ1n) is 5.48. The average molecular weight is 218 g/mol. The van der Waals surface area contributed by atoms with Crippen molar-refractivity contribution in [2.75, 3.05) is 27.3 Å². The molecule has 0 saturated carbocycles. The molecule has 0 aliphatic carbocycles. The molecule has 0 bridgehead atoms. The van der Waals surface area contributed by atoms with E-state index < -0.39 is 0 Å². The maximum Gasteiger partial charge on any atom is 0.158 e. The molecule has 92 valence electrons. The minimum Gasteiger partial charge on any atom is -0.356 e. The van der Waals surface area contributed by atoms with Crippen LogP contribution in [0.3, 0.4) is 0 Å². The Labute approximate surface area is 93.5 Å². The molecule has 0 saturated heterocycles. The lowest BCUT2D eigenvalue weighted by molar-refractivity contribution is -0.117. The Bertz CT molecular complexity index is 161. The van der Waals surface area contributed by atoms with Gasteiger partial charge in [-0.15, -0.1) is 0 Å². The van der Waals surface area contributed by atoms with Gasteiger partial charge < -0.3 is 20.5 Å². The third-order valence-electron chi connectivity index (χ3n) is 2.53. The first kappa shape index (κ1) is 14.8. The Morgan fingerprint density at radius 3 is 2.13 bits per heavy atom. The summed E-state index contributed by atoms with van der Waals surface area (Å²) in [4.78, 5) is 0. The summed E-state index contributed by atoms with van der Waals surface area (Å²) in [6.45, 7) is 7.97. The number of nitrogens with two attached hydrogens (primary N) is 1. The Morgan fingerprint density at radius 1 is 1.27 bits per heavy atom. The van der Waals surface area contributed by atoms with Crippen LogP contribution in [0.15, 0.2) is 0 Å². The number of rotatable bonds is 8. The second-order valence-corrected chi connectivity index (χ2v) is 4.64. The van der Waals surface area contributed by atoms with Crippen LogP contribution in [0.1, 0.15) is 27.2 Å². The Kier molecular flexibility index (Phi) is 7.09. The van der Waals surface area contributed by atoms with E-state index in [1.54, 1.807) is 14.2 Å². The molecule has 15 heavy (non-hydrogen) atoms. The largest absolute Gasteiger partial charge is 0.356 e. The van der Waals surface area contributed by atoms with Crippen LogP contribution in [0.4, 0.5) is 0 Å². The van der Waals surface area contributed by atoms with E-state index in [4.69, 9.17) is 15.2 Å². The smallest absolute Gasteiger partial charge is 0.158 e. The molecule has 0 amide bonds. The highest BCUT2D eigenvalue weighted by Crippen LogP contribution is 2.14. The molecule has 4 heteroatoms. The van der Waals surface area contributed by atoms with Gasteiger partial charge in [0.1, 0.15) is 0 Å². The van der Waals surface area contributed by atoms with E-state index in [1.807, 2.05) is 0 Å². The van der Waals surface area contributed by atoms with E-state index in [2.05, 4.69) is 26.1 Å². The van der Waals surface area contributed by atoms with E-state index >= 15 is 0 Å². The highest BCUT2D eigenvalue weighted by Gasteiger charge is 2.26. The third-order valence-corrected chi connectivity index (χ3v) is 2.53. The van der Waals surface area contributed by atoms with Crippen molar-refractivity contribution >= 4 is 0 Å². The minimum absolute atomic E-state index is 0.124. The third kappa shape index (κ3) is 6.10. The van der Waals surface area contributed by atoms with E-state index in [0.717, 1.165) is 13.0 Å². The van der Waals surface area contributed by atoms with Gasteiger partial charge in [-0.05, 0) is 19.4 Å². The molecule has 0 fully saturated rings. The molecule has 1 unspecified atom stereocenters. The van der Waals surface area contributed by atoms with Crippen molar-refractivity contribution in [1.82, 2.24) is 5.32 Å². The number of hydrogen-bond donors (Lipinski definition) is 2. The monoisotopic (exact) mass is 218 g/mol.